The molecule has 0 aliphatic carbocycles. The highest BCUT2D eigenvalue weighted by Crippen LogP contribution is 2.30. The Morgan fingerprint density at radius 2 is 1.35 bits per heavy atom. The van der Waals surface area contributed by atoms with E-state index in [1.165, 1.54) is 22.9 Å². The van der Waals surface area contributed by atoms with Gasteiger partial charge in [0.25, 0.3) is 0 Å². The van der Waals surface area contributed by atoms with Crippen molar-refractivity contribution in [1.29, 1.82) is 0 Å². The van der Waals surface area contributed by atoms with Crippen molar-refractivity contribution in [3.8, 4) is 22.5 Å². The lowest BCUT2D eigenvalue weighted by Crippen LogP contribution is -2.15. The van der Waals surface area contributed by atoms with E-state index >= 15 is 0 Å². The van der Waals surface area contributed by atoms with E-state index in [-0.39, 0.29) is 11.7 Å². The number of aryl methyl sites for hydroxylation is 2. The fourth-order valence-corrected chi connectivity index (χ4v) is 3.95. The summed E-state index contributed by atoms with van der Waals surface area (Å²) < 4.78 is 0. The fourth-order valence-electron chi connectivity index (χ4n) is 3.36. The summed E-state index contributed by atoms with van der Waals surface area (Å²) in [6, 6.07) is 24.1. The van der Waals surface area contributed by atoms with E-state index in [1.807, 2.05) is 79.7 Å². The van der Waals surface area contributed by atoms with Gasteiger partial charge in [-0.2, -0.15) is 0 Å². The zero-order valence-electron chi connectivity index (χ0n) is 19.7. The van der Waals surface area contributed by atoms with E-state index < -0.39 is 0 Å². The van der Waals surface area contributed by atoms with E-state index in [9.17, 15) is 4.79 Å². The summed E-state index contributed by atoms with van der Waals surface area (Å²) >= 11 is 1.27. The summed E-state index contributed by atoms with van der Waals surface area (Å²) in [7, 11) is 3.96. The van der Waals surface area contributed by atoms with Crippen LogP contribution in [0.2, 0.25) is 0 Å². The molecule has 1 aromatic heterocycles. The number of hydrogen-bond acceptors (Lipinski definition) is 6. The maximum absolute atomic E-state index is 12.5. The summed E-state index contributed by atoms with van der Waals surface area (Å²) in [6.45, 7) is 4.10. The van der Waals surface area contributed by atoms with Gasteiger partial charge in [-0.1, -0.05) is 71.4 Å². The Kier molecular flexibility index (Phi) is 7.23. The van der Waals surface area contributed by atoms with E-state index in [4.69, 9.17) is 4.98 Å². The van der Waals surface area contributed by atoms with Gasteiger partial charge in [-0.15, -0.1) is 10.2 Å². The van der Waals surface area contributed by atoms with Gasteiger partial charge in [0.2, 0.25) is 11.1 Å². The molecule has 0 aliphatic heterocycles. The van der Waals surface area contributed by atoms with Crippen molar-refractivity contribution in [2.45, 2.75) is 19.0 Å². The van der Waals surface area contributed by atoms with Gasteiger partial charge in [0, 0.05) is 36.6 Å². The van der Waals surface area contributed by atoms with Crippen LogP contribution in [0.15, 0.2) is 78.0 Å². The smallest absolute Gasteiger partial charge is 0.234 e. The standard InChI is InChI=1S/C27H27N5OS/c1-18-5-9-20(10-6-18)25-26(21-11-7-19(2)8-12-21)30-31-27(29-25)34-17-24(33)28-22-13-15-23(16-14-22)32(3)4/h5-16H,17H2,1-4H3,(H,28,33). The average Bonchev–Trinajstić information content (AvgIpc) is 2.84. The average molecular weight is 470 g/mol. The predicted octanol–water partition coefficient (Wildman–Crippen LogP) is 5.62. The normalized spacial score (nSPS) is 10.7. The first-order valence-electron chi connectivity index (χ1n) is 11.0. The van der Waals surface area contributed by atoms with Gasteiger partial charge in [0.15, 0.2) is 0 Å². The van der Waals surface area contributed by atoms with Crippen LogP contribution in [-0.4, -0.2) is 40.9 Å². The lowest BCUT2D eigenvalue weighted by Gasteiger charge is -2.13. The molecule has 4 aromatic rings. The van der Waals surface area contributed by atoms with Crippen LogP contribution in [0.3, 0.4) is 0 Å². The summed E-state index contributed by atoms with van der Waals surface area (Å²) in [5, 5.41) is 12.2. The first-order chi connectivity index (χ1) is 16.4. The Hall–Kier alpha value is -3.71. The number of carbonyl (C=O) groups excluding carboxylic acids is 1. The first-order valence-corrected chi connectivity index (χ1v) is 12.0. The molecule has 34 heavy (non-hydrogen) atoms. The molecule has 1 heterocycles. The summed E-state index contributed by atoms with van der Waals surface area (Å²) in [5.74, 6) is 0.0691. The Balaban J connectivity index is 1.53. The van der Waals surface area contributed by atoms with Crippen molar-refractivity contribution in [1.82, 2.24) is 15.2 Å². The van der Waals surface area contributed by atoms with Crippen molar-refractivity contribution in [3.63, 3.8) is 0 Å². The topological polar surface area (TPSA) is 71.0 Å². The molecule has 0 aliphatic rings. The van der Waals surface area contributed by atoms with Crippen LogP contribution in [0.5, 0.6) is 0 Å². The number of nitrogens with one attached hydrogen (secondary N) is 1. The SMILES string of the molecule is Cc1ccc(-c2nnc(SCC(=O)Nc3ccc(N(C)C)cc3)nc2-c2ccc(C)cc2)cc1. The van der Waals surface area contributed by atoms with Crippen molar-refractivity contribution in [3.05, 3.63) is 83.9 Å². The first kappa shape index (κ1) is 23.4. The highest BCUT2D eigenvalue weighted by Gasteiger charge is 2.15. The third kappa shape index (κ3) is 5.80. The van der Waals surface area contributed by atoms with Crippen LogP contribution in [0, 0.1) is 13.8 Å². The quantitative estimate of drug-likeness (QED) is 0.354. The fraction of sp³-hybridized carbons (Fsp3) is 0.185. The molecule has 172 valence electrons. The molecule has 0 bridgehead atoms. The zero-order valence-corrected chi connectivity index (χ0v) is 20.6. The molecular weight excluding hydrogens is 442 g/mol. The number of thioether (sulfide) groups is 1. The van der Waals surface area contributed by atoms with E-state index in [1.54, 1.807) is 0 Å². The number of aromatic nitrogens is 3. The molecule has 1 N–H and O–H groups in total. The number of rotatable bonds is 7. The minimum atomic E-state index is -0.120. The Bertz CT molecular complexity index is 1270. The number of amides is 1. The third-order valence-corrected chi connectivity index (χ3v) is 6.15. The predicted molar refractivity (Wildman–Crippen MR) is 140 cm³/mol. The molecule has 0 atom stereocenters. The molecule has 6 nitrogen and oxygen atoms in total. The number of hydrogen-bond donors (Lipinski definition) is 1. The molecule has 0 saturated carbocycles. The molecule has 0 fully saturated rings. The molecule has 0 radical (unpaired) electrons. The highest BCUT2D eigenvalue weighted by atomic mass is 32.2. The lowest BCUT2D eigenvalue weighted by atomic mass is 10.0. The maximum atomic E-state index is 12.5. The van der Waals surface area contributed by atoms with Crippen molar-refractivity contribution >= 4 is 29.0 Å². The Morgan fingerprint density at radius 3 is 1.91 bits per heavy atom. The zero-order chi connectivity index (χ0) is 24.1. The molecule has 4 rings (SSSR count). The van der Waals surface area contributed by atoms with Gasteiger partial charge >= 0.3 is 0 Å². The van der Waals surface area contributed by atoms with Gasteiger partial charge < -0.3 is 10.2 Å². The summed E-state index contributed by atoms with van der Waals surface area (Å²) in [6.07, 6.45) is 0. The monoisotopic (exact) mass is 469 g/mol. The van der Waals surface area contributed by atoms with Crippen LogP contribution in [0.1, 0.15) is 11.1 Å². The largest absolute Gasteiger partial charge is 0.378 e. The van der Waals surface area contributed by atoms with E-state index in [0.717, 1.165) is 33.9 Å². The molecule has 7 heteroatoms. The summed E-state index contributed by atoms with van der Waals surface area (Å²) in [5.41, 5.74) is 7.57. The minimum absolute atomic E-state index is 0.120. The molecule has 0 spiro atoms. The van der Waals surface area contributed by atoms with Crippen molar-refractivity contribution in [2.24, 2.45) is 0 Å². The number of anilines is 2. The van der Waals surface area contributed by atoms with Crippen LogP contribution < -0.4 is 10.2 Å². The van der Waals surface area contributed by atoms with Crippen LogP contribution in [0.4, 0.5) is 11.4 Å². The van der Waals surface area contributed by atoms with E-state index in [0.29, 0.717) is 5.16 Å². The van der Waals surface area contributed by atoms with Gasteiger partial charge in [-0.05, 0) is 38.1 Å². The number of carbonyl (C=O) groups is 1. The Morgan fingerprint density at radius 1 is 0.794 bits per heavy atom. The van der Waals surface area contributed by atoms with Crippen LogP contribution >= 0.6 is 11.8 Å². The second-order valence-electron chi connectivity index (χ2n) is 8.30. The van der Waals surface area contributed by atoms with Gasteiger partial charge in [-0.3, -0.25) is 4.79 Å². The van der Waals surface area contributed by atoms with Crippen LogP contribution in [0.25, 0.3) is 22.5 Å². The van der Waals surface area contributed by atoms with E-state index in [2.05, 4.69) is 41.5 Å². The summed E-state index contributed by atoms with van der Waals surface area (Å²) in [4.78, 5) is 19.3. The Labute approximate surface area is 204 Å². The van der Waals surface area contributed by atoms with Crippen molar-refractivity contribution in [2.75, 3.05) is 30.1 Å². The molecular formula is C27H27N5OS. The third-order valence-electron chi connectivity index (χ3n) is 5.32. The van der Waals surface area contributed by atoms with Gasteiger partial charge in [0.05, 0.1) is 5.75 Å². The second kappa shape index (κ2) is 10.5. The van der Waals surface area contributed by atoms with Gasteiger partial charge in [-0.25, -0.2) is 4.98 Å². The van der Waals surface area contributed by atoms with Gasteiger partial charge in [0.1, 0.15) is 11.4 Å². The van der Waals surface area contributed by atoms with Crippen molar-refractivity contribution < 1.29 is 4.79 Å². The number of benzene rings is 3. The highest BCUT2D eigenvalue weighted by molar-refractivity contribution is 7.99. The minimum Gasteiger partial charge on any atom is -0.378 e. The number of nitrogens with zero attached hydrogens (tertiary/aromatic N) is 4. The van der Waals surface area contributed by atoms with Crippen LogP contribution in [-0.2, 0) is 4.79 Å². The molecule has 3 aromatic carbocycles. The second-order valence-corrected chi connectivity index (χ2v) is 9.24. The molecule has 0 unspecified atom stereocenters. The molecule has 1 amide bonds. The molecule has 0 saturated heterocycles. The maximum Gasteiger partial charge on any atom is 0.234 e. The lowest BCUT2D eigenvalue weighted by molar-refractivity contribution is -0.113.